The van der Waals surface area contributed by atoms with Crippen molar-refractivity contribution in [1.82, 2.24) is 24.9 Å². The van der Waals surface area contributed by atoms with Crippen LogP contribution in [0.3, 0.4) is 0 Å². The zero-order chi connectivity index (χ0) is 22.2. The molecule has 1 amide bonds. The Hall–Kier alpha value is -3.49. The van der Waals surface area contributed by atoms with Gasteiger partial charge in [0.1, 0.15) is 17.7 Å². The Kier molecular flexibility index (Phi) is 5.34. The van der Waals surface area contributed by atoms with Gasteiger partial charge in [0.25, 0.3) is 0 Å². The van der Waals surface area contributed by atoms with Crippen molar-refractivity contribution in [3.63, 3.8) is 0 Å². The molecular weight excluding hydrogens is 398 g/mol. The van der Waals surface area contributed by atoms with E-state index >= 15 is 0 Å². The molecule has 1 aliphatic rings. The highest BCUT2D eigenvalue weighted by Gasteiger charge is 2.41. The summed E-state index contributed by atoms with van der Waals surface area (Å²) >= 11 is 0. The van der Waals surface area contributed by atoms with Crippen LogP contribution in [-0.2, 0) is 14.3 Å². The van der Waals surface area contributed by atoms with Crippen LogP contribution in [0.1, 0.15) is 45.5 Å². The van der Waals surface area contributed by atoms with Crippen molar-refractivity contribution < 1.29 is 19.1 Å². The Bertz CT molecular complexity index is 1120. The standard InChI is InChI=1S/C22H25N5O4/c1-13(24-19(28)9-15-11-22(2,3)31-21(15)29)20-25-18-10-17(23-12-27(18)26-20)14-5-7-16(30-4)8-6-14/h5-8,10,12-13,15H,9,11H2,1-4H3,(H,24,28)/t13-,15-/m0/s1. The molecule has 1 saturated heterocycles. The average molecular weight is 423 g/mol. The molecule has 2 atom stereocenters. The number of ether oxygens (including phenoxy) is 2. The first-order chi connectivity index (χ1) is 14.7. The number of esters is 1. The van der Waals surface area contributed by atoms with E-state index in [0.717, 1.165) is 17.0 Å². The van der Waals surface area contributed by atoms with Crippen LogP contribution in [0.4, 0.5) is 0 Å². The average Bonchev–Trinajstić information content (AvgIpc) is 3.27. The highest BCUT2D eigenvalue weighted by atomic mass is 16.6. The molecular formula is C22H25N5O4. The van der Waals surface area contributed by atoms with E-state index in [9.17, 15) is 9.59 Å². The lowest BCUT2D eigenvalue weighted by Crippen LogP contribution is -2.30. The van der Waals surface area contributed by atoms with Crippen LogP contribution in [0.25, 0.3) is 16.9 Å². The molecule has 9 nitrogen and oxygen atoms in total. The fourth-order valence-corrected chi connectivity index (χ4v) is 3.73. The van der Waals surface area contributed by atoms with Gasteiger partial charge >= 0.3 is 5.97 Å². The lowest BCUT2D eigenvalue weighted by molar-refractivity contribution is -0.149. The van der Waals surface area contributed by atoms with E-state index in [2.05, 4.69) is 20.4 Å². The van der Waals surface area contributed by atoms with Gasteiger partial charge in [-0.1, -0.05) is 0 Å². The van der Waals surface area contributed by atoms with Crippen LogP contribution < -0.4 is 10.1 Å². The zero-order valence-corrected chi connectivity index (χ0v) is 18.0. The third kappa shape index (κ3) is 4.50. The summed E-state index contributed by atoms with van der Waals surface area (Å²) in [7, 11) is 1.62. The topological polar surface area (TPSA) is 108 Å². The van der Waals surface area contributed by atoms with Crippen molar-refractivity contribution in [3.05, 3.63) is 42.5 Å². The number of aromatic nitrogens is 4. The molecule has 0 aliphatic carbocycles. The number of hydrogen-bond acceptors (Lipinski definition) is 7. The van der Waals surface area contributed by atoms with Gasteiger partial charge in [-0.15, -0.1) is 5.10 Å². The van der Waals surface area contributed by atoms with Crippen molar-refractivity contribution >= 4 is 17.5 Å². The highest BCUT2D eigenvalue weighted by molar-refractivity contribution is 5.84. The van der Waals surface area contributed by atoms with Gasteiger partial charge in [0.15, 0.2) is 11.5 Å². The van der Waals surface area contributed by atoms with Crippen molar-refractivity contribution in [2.75, 3.05) is 7.11 Å². The van der Waals surface area contributed by atoms with Gasteiger partial charge in [-0.2, -0.15) is 0 Å². The van der Waals surface area contributed by atoms with Crippen LogP contribution in [0.2, 0.25) is 0 Å². The minimum atomic E-state index is -0.522. The molecule has 31 heavy (non-hydrogen) atoms. The number of amides is 1. The second kappa shape index (κ2) is 7.98. The number of cyclic esters (lactones) is 1. The summed E-state index contributed by atoms with van der Waals surface area (Å²) in [5, 5.41) is 7.29. The van der Waals surface area contributed by atoms with Crippen LogP contribution >= 0.6 is 0 Å². The van der Waals surface area contributed by atoms with Crippen LogP contribution in [0.15, 0.2) is 36.7 Å². The van der Waals surface area contributed by atoms with E-state index in [1.54, 1.807) is 24.9 Å². The molecule has 0 saturated carbocycles. The largest absolute Gasteiger partial charge is 0.497 e. The number of nitrogens with zero attached hydrogens (tertiary/aromatic N) is 4. The van der Waals surface area contributed by atoms with E-state index in [1.165, 1.54) is 0 Å². The predicted molar refractivity (Wildman–Crippen MR) is 112 cm³/mol. The third-order valence-electron chi connectivity index (χ3n) is 5.28. The third-order valence-corrected chi connectivity index (χ3v) is 5.28. The van der Waals surface area contributed by atoms with Crippen molar-refractivity contribution in [2.45, 2.75) is 45.3 Å². The number of hydrogen-bond donors (Lipinski definition) is 1. The predicted octanol–water partition coefficient (Wildman–Crippen LogP) is 2.71. The Balaban J connectivity index is 1.45. The lowest BCUT2D eigenvalue weighted by atomic mass is 9.94. The SMILES string of the molecule is COc1ccc(-c2cc3nc([C@H](C)NC(=O)C[C@H]4CC(C)(C)OC4=O)nn3cn2)cc1. The number of benzene rings is 1. The normalized spacial score (nSPS) is 18.6. The van der Waals surface area contributed by atoms with Gasteiger partial charge in [-0.25, -0.2) is 14.5 Å². The molecule has 1 fully saturated rings. The van der Waals surface area contributed by atoms with Crippen molar-refractivity contribution in [2.24, 2.45) is 5.92 Å². The van der Waals surface area contributed by atoms with E-state index in [-0.39, 0.29) is 18.3 Å². The monoisotopic (exact) mass is 423 g/mol. The van der Waals surface area contributed by atoms with E-state index < -0.39 is 17.6 Å². The minimum absolute atomic E-state index is 0.0865. The van der Waals surface area contributed by atoms with Crippen molar-refractivity contribution in [1.29, 1.82) is 0 Å². The van der Waals surface area contributed by atoms with E-state index in [1.807, 2.05) is 44.2 Å². The molecule has 4 rings (SSSR count). The minimum Gasteiger partial charge on any atom is -0.497 e. The second-order valence-electron chi connectivity index (χ2n) is 8.35. The van der Waals surface area contributed by atoms with Gasteiger partial charge in [0.2, 0.25) is 5.91 Å². The summed E-state index contributed by atoms with van der Waals surface area (Å²) < 4.78 is 12.1. The summed E-state index contributed by atoms with van der Waals surface area (Å²) in [5.74, 6) is 0.260. The first kappa shape index (κ1) is 20.8. The van der Waals surface area contributed by atoms with Gasteiger partial charge in [-0.05, 0) is 45.0 Å². The fourth-order valence-electron chi connectivity index (χ4n) is 3.73. The fraction of sp³-hybridized carbons (Fsp3) is 0.409. The molecule has 0 radical (unpaired) electrons. The van der Waals surface area contributed by atoms with Gasteiger partial charge in [0.05, 0.1) is 24.8 Å². The first-order valence-electron chi connectivity index (χ1n) is 10.1. The number of carbonyl (C=O) groups excluding carboxylic acids is 2. The number of methoxy groups -OCH3 is 1. The zero-order valence-electron chi connectivity index (χ0n) is 18.0. The summed E-state index contributed by atoms with van der Waals surface area (Å²) in [6.07, 6.45) is 2.21. The highest BCUT2D eigenvalue weighted by Crippen LogP contribution is 2.32. The maximum atomic E-state index is 12.4. The molecule has 0 bridgehead atoms. The number of fused-ring (bicyclic) bond motifs is 1. The number of rotatable bonds is 6. The quantitative estimate of drug-likeness (QED) is 0.607. The van der Waals surface area contributed by atoms with Gasteiger partial charge in [0, 0.05) is 24.5 Å². The molecule has 3 heterocycles. The van der Waals surface area contributed by atoms with Crippen LogP contribution in [0, 0.1) is 5.92 Å². The van der Waals surface area contributed by atoms with Crippen LogP contribution in [0.5, 0.6) is 5.75 Å². The Morgan fingerprint density at radius 2 is 2.10 bits per heavy atom. The summed E-state index contributed by atoms with van der Waals surface area (Å²) in [4.78, 5) is 33.4. The Morgan fingerprint density at radius 3 is 2.74 bits per heavy atom. The molecule has 2 aromatic heterocycles. The van der Waals surface area contributed by atoms with E-state index in [4.69, 9.17) is 9.47 Å². The smallest absolute Gasteiger partial charge is 0.310 e. The molecule has 1 N–H and O–H groups in total. The molecule has 9 heteroatoms. The molecule has 1 aliphatic heterocycles. The summed E-state index contributed by atoms with van der Waals surface area (Å²) in [6, 6.07) is 9.01. The van der Waals surface area contributed by atoms with Crippen molar-refractivity contribution in [3.8, 4) is 17.0 Å². The molecule has 3 aromatic rings. The second-order valence-corrected chi connectivity index (χ2v) is 8.35. The maximum Gasteiger partial charge on any atom is 0.310 e. The maximum absolute atomic E-state index is 12.4. The molecule has 1 aromatic carbocycles. The van der Waals surface area contributed by atoms with Gasteiger partial charge in [-0.3, -0.25) is 9.59 Å². The molecule has 162 valence electrons. The first-order valence-corrected chi connectivity index (χ1v) is 10.1. The van der Waals surface area contributed by atoms with Crippen LogP contribution in [-0.4, -0.2) is 44.2 Å². The molecule has 0 spiro atoms. The number of nitrogens with one attached hydrogen (secondary N) is 1. The Labute approximate surface area is 179 Å². The lowest BCUT2D eigenvalue weighted by Gasteiger charge is -2.14. The van der Waals surface area contributed by atoms with E-state index in [0.29, 0.717) is 17.9 Å². The summed E-state index contributed by atoms with van der Waals surface area (Å²) in [6.45, 7) is 5.50. The molecule has 0 unspecified atom stereocenters. The number of carbonyl (C=O) groups is 2. The van der Waals surface area contributed by atoms with Gasteiger partial charge < -0.3 is 14.8 Å². The Morgan fingerprint density at radius 1 is 1.35 bits per heavy atom. The summed E-state index contributed by atoms with van der Waals surface area (Å²) in [5.41, 5.74) is 1.79.